The topological polar surface area (TPSA) is 58.4 Å². The van der Waals surface area contributed by atoms with E-state index in [9.17, 15) is 9.59 Å². The van der Waals surface area contributed by atoms with Crippen molar-refractivity contribution in [1.82, 2.24) is 14.7 Å². The summed E-state index contributed by atoms with van der Waals surface area (Å²) in [5, 5.41) is 7.02. The number of hydrogen-bond donors (Lipinski definition) is 0. The van der Waals surface area contributed by atoms with Crippen molar-refractivity contribution in [2.45, 2.75) is 6.54 Å². The first kappa shape index (κ1) is 18.7. The van der Waals surface area contributed by atoms with Crippen LogP contribution >= 0.6 is 22.9 Å². The van der Waals surface area contributed by atoms with E-state index in [0.717, 1.165) is 23.7 Å². The molecule has 0 unspecified atom stereocenters. The van der Waals surface area contributed by atoms with Gasteiger partial charge in [0.2, 0.25) is 5.91 Å². The predicted octanol–water partition coefficient (Wildman–Crippen LogP) is 2.97. The molecule has 1 aliphatic heterocycles. The molecule has 28 heavy (non-hydrogen) atoms. The van der Waals surface area contributed by atoms with E-state index in [1.54, 1.807) is 22.3 Å². The van der Waals surface area contributed by atoms with Crippen LogP contribution in [-0.2, 0) is 11.3 Å². The molecular weight excluding hydrogens is 396 g/mol. The molecule has 0 radical (unpaired) electrons. The van der Waals surface area contributed by atoms with Gasteiger partial charge in [-0.3, -0.25) is 9.59 Å². The molecule has 3 heterocycles. The highest BCUT2D eigenvalue weighted by Gasteiger charge is 2.22. The maximum Gasteiger partial charge on any atom is 0.267 e. The molecule has 0 atom stereocenters. The van der Waals surface area contributed by atoms with Crippen molar-refractivity contribution in [3.8, 4) is 10.6 Å². The molecule has 2 aromatic heterocycles. The Morgan fingerprint density at radius 3 is 2.61 bits per heavy atom. The lowest BCUT2D eigenvalue weighted by molar-refractivity contribution is -0.132. The zero-order valence-corrected chi connectivity index (χ0v) is 16.7. The Kier molecular flexibility index (Phi) is 5.45. The third-order valence-corrected chi connectivity index (χ3v) is 5.86. The van der Waals surface area contributed by atoms with E-state index in [1.165, 1.54) is 10.7 Å². The summed E-state index contributed by atoms with van der Waals surface area (Å²) in [6.07, 6.45) is 0. The van der Waals surface area contributed by atoms with Crippen LogP contribution in [0.4, 0.5) is 5.69 Å². The largest absolute Gasteiger partial charge is 0.368 e. The molecule has 6 nitrogen and oxygen atoms in total. The standard InChI is InChI=1S/C20H19ClN4O2S/c21-15-3-1-4-16(13-15)23-8-10-24(11-9-23)20(27)14-25-19(26)7-6-17(22-25)18-5-2-12-28-18/h1-7,12-13H,8-11,14H2. The van der Waals surface area contributed by atoms with Crippen molar-refractivity contribution in [1.29, 1.82) is 0 Å². The number of thiophene rings is 1. The molecule has 1 fully saturated rings. The summed E-state index contributed by atoms with van der Waals surface area (Å²) in [5.74, 6) is -0.0938. The number of rotatable bonds is 4. The quantitative estimate of drug-likeness (QED) is 0.658. The van der Waals surface area contributed by atoms with Gasteiger partial charge in [0, 0.05) is 43.0 Å². The van der Waals surface area contributed by atoms with Gasteiger partial charge in [0.1, 0.15) is 12.2 Å². The third kappa shape index (κ3) is 4.10. The molecule has 1 amide bonds. The van der Waals surface area contributed by atoms with Gasteiger partial charge >= 0.3 is 0 Å². The fourth-order valence-corrected chi connectivity index (χ4v) is 4.11. The smallest absolute Gasteiger partial charge is 0.267 e. The molecule has 8 heteroatoms. The number of aromatic nitrogens is 2. The Bertz CT molecular complexity index is 1030. The first-order valence-corrected chi connectivity index (χ1v) is 10.3. The highest BCUT2D eigenvalue weighted by Crippen LogP contribution is 2.22. The first-order chi connectivity index (χ1) is 13.6. The fourth-order valence-electron chi connectivity index (χ4n) is 3.23. The molecule has 0 bridgehead atoms. The van der Waals surface area contributed by atoms with Gasteiger partial charge in [-0.25, -0.2) is 4.68 Å². The van der Waals surface area contributed by atoms with E-state index in [0.29, 0.717) is 23.8 Å². The summed E-state index contributed by atoms with van der Waals surface area (Å²) >= 11 is 7.62. The van der Waals surface area contributed by atoms with Crippen LogP contribution in [0.25, 0.3) is 10.6 Å². The molecule has 0 N–H and O–H groups in total. The Balaban J connectivity index is 1.41. The molecule has 4 rings (SSSR count). The van der Waals surface area contributed by atoms with E-state index in [-0.39, 0.29) is 18.0 Å². The lowest BCUT2D eigenvalue weighted by atomic mass is 10.2. The number of nitrogens with zero attached hydrogens (tertiary/aromatic N) is 4. The Labute approximate surface area is 171 Å². The number of benzene rings is 1. The van der Waals surface area contributed by atoms with Gasteiger partial charge in [0.15, 0.2) is 0 Å². The molecule has 3 aromatic rings. The van der Waals surface area contributed by atoms with Crippen molar-refractivity contribution >= 4 is 34.5 Å². The monoisotopic (exact) mass is 414 g/mol. The first-order valence-electron chi connectivity index (χ1n) is 9.00. The average Bonchev–Trinajstić information content (AvgIpc) is 3.24. The van der Waals surface area contributed by atoms with Crippen molar-refractivity contribution in [2.75, 3.05) is 31.1 Å². The van der Waals surface area contributed by atoms with E-state index in [4.69, 9.17) is 11.6 Å². The molecule has 0 aliphatic carbocycles. The molecule has 144 valence electrons. The Morgan fingerprint density at radius 2 is 1.89 bits per heavy atom. The zero-order chi connectivity index (χ0) is 19.5. The molecule has 1 aromatic carbocycles. The molecule has 1 aliphatic rings. The van der Waals surface area contributed by atoms with Gasteiger partial charge < -0.3 is 9.80 Å². The predicted molar refractivity (Wildman–Crippen MR) is 112 cm³/mol. The van der Waals surface area contributed by atoms with Crippen LogP contribution in [0.1, 0.15) is 0 Å². The van der Waals surface area contributed by atoms with Crippen LogP contribution in [0, 0.1) is 0 Å². The zero-order valence-electron chi connectivity index (χ0n) is 15.1. The lowest BCUT2D eigenvalue weighted by Gasteiger charge is -2.36. The van der Waals surface area contributed by atoms with Crippen LogP contribution in [0.3, 0.4) is 0 Å². The molecule has 0 spiro atoms. The van der Waals surface area contributed by atoms with Crippen LogP contribution in [0.2, 0.25) is 5.02 Å². The number of piperazine rings is 1. The summed E-state index contributed by atoms with van der Waals surface area (Å²) < 4.78 is 1.25. The van der Waals surface area contributed by atoms with Gasteiger partial charge in [0.05, 0.1) is 4.88 Å². The fraction of sp³-hybridized carbons (Fsp3) is 0.250. The van der Waals surface area contributed by atoms with Crippen molar-refractivity contribution in [2.24, 2.45) is 0 Å². The van der Waals surface area contributed by atoms with Crippen LogP contribution < -0.4 is 10.5 Å². The molecule has 1 saturated heterocycles. The van der Waals surface area contributed by atoms with Gasteiger partial charge in [-0.15, -0.1) is 11.3 Å². The minimum Gasteiger partial charge on any atom is -0.368 e. The van der Waals surface area contributed by atoms with Gasteiger partial charge in [-0.1, -0.05) is 23.7 Å². The highest BCUT2D eigenvalue weighted by molar-refractivity contribution is 7.13. The summed E-state index contributed by atoms with van der Waals surface area (Å²) in [5.41, 5.74) is 1.49. The number of amides is 1. The number of halogens is 1. The van der Waals surface area contributed by atoms with Gasteiger partial charge in [0.25, 0.3) is 5.56 Å². The van der Waals surface area contributed by atoms with Crippen molar-refractivity contribution in [3.05, 3.63) is 69.3 Å². The van der Waals surface area contributed by atoms with Crippen molar-refractivity contribution in [3.63, 3.8) is 0 Å². The number of anilines is 1. The second kappa shape index (κ2) is 8.16. The average molecular weight is 415 g/mol. The Morgan fingerprint density at radius 1 is 1.07 bits per heavy atom. The second-order valence-corrected chi connectivity index (χ2v) is 7.92. The van der Waals surface area contributed by atoms with Crippen LogP contribution in [0.5, 0.6) is 0 Å². The summed E-state index contributed by atoms with van der Waals surface area (Å²) in [7, 11) is 0. The van der Waals surface area contributed by atoms with E-state index < -0.39 is 0 Å². The minimum absolute atomic E-state index is 0.0464. The highest BCUT2D eigenvalue weighted by atomic mass is 35.5. The number of carbonyl (C=O) groups excluding carboxylic acids is 1. The number of carbonyl (C=O) groups is 1. The minimum atomic E-state index is -0.272. The summed E-state index contributed by atoms with van der Waals surface area (Å²) in [4.78, 5) is 29.8. The Hall–Kier alpha value is -2.64. The van der Waals surface area contributed by atoms with Gasteiger partial charge in [-0.05, 0) is 35.7 Å². The normalized spacial score (nSPS) is 14.3. The third-order valence-electron chi connectivity index (χ3n) is 4.73. The summed E-state index contributed by atoms with van der Waals surface area (Å²) in [6.45, 7) is 2.61. The molecule has 0 saturated carbocycles. The van der Waals surface area contributed by atoms with Crippen LogP contribution in [-0.4, -0.2) is 46.8 Å². The van der Waals surface area contributed by atoms with E-state index >= 15 is 0 Å². The van der Waals surface area contributed by atoms with Crippen molar-refractivity contribution < 1.29 is 4.79 Å². The van der Waals surface area contributed by atoms with E-state index in [1.807, 2.05) is 41.8 Å². The number of hydrogen-bond acceptors (Lipinski definition) is 5. The molecular formula is C20H19ClN4O2S. The lowest BCUT2D eigenvalue weighted by Crippen LogP contribution is -2.50. The maximum atomic E-state index is 12.7. The van der Waals surface area contributed by atoms with Crippen LogP contribution in [0.15, 0.2) is 58.7 Å². The summed E-state index contributed by atoms with van der Waals surface area (Å²) in [6, 6.07) is 14.8. The maximum absolute atomic E-state index is 12.7. The second-order valence-electron chi connectivity index (χ2n) is 6.54. The SMILES string of the molecule is O=C(Cn1nc(-c2cccs2)ccc1=O)N1CCN(c2cccc(Cl)c2)CC1. The van der Waals surface area contributed by atoms with E-state index in [2.05, 4.69) is 10.00 Å². The van der Waals surface area contributed by atoms with Gasteiger partial charge in [-0.2, -0.15) is 5.10 Å².